The van der Waals surface area contributed by atoms with E-state index in [4.69, 9.17) is 0 Å². The highest BCUT2D eigenvalue weighted by Gasteiger charge is 2.26. The molecule has 0 N–H and O–H groups in total. The molecular formula is C84H64N4. The van der Waals surface area contributed by atoms with Crippen LogP contribution in [0.3, 0.4) is 0 Å². The standard InChI is InChI=1S/C44H36N2.C40H28N2/c1-29-13-11-14-30(2)43(29)45(35-17-7-5-8-18-35)39-27-23-33-22-26-38-40(28-24-34-21-25-37(39)41(33)42(34)38)46(36-19-9-6-10-20-36)44-31(3)15-12-16-32(44)4;1-5-13-31(14-6-1)41(32-15-7-2-8-16-32)37-27-23-29-22-26-36-38(28-24-30-21-25-35(37)39(29)40(30)36)42(33-17-9-3-10-18-33)34-19-11-4-12-20-34/h5-28H,1-4H3;1-28H. The minimum absolute atomic E-state index is 1.14. The number of rotatable bonds is 12. The average Bonchev–Trinajstić information content (AvgIpc) is 0.803. The number of benzene rings is 16. The Morgan fingerprint density at radius 1 is 0.170 bits per heavy atom. The van der Waals surface area contributed by atoms with Crippen molar-refractivity contribution in [2.45, 2.75) is 27.7 Å². The van der Waals surface area contributed by atoms with Gasteiger partial charge in [0.1, 0.15) is 0 Å². The molecule has 0 fully saturated rings. The van der Waals surface area contributed by atoms with Gasteiger partial charge in [-0.05, 0) is 190 Å². The lowest BCUT2D eigenvalue weighted by Crippen LogP contribution is -2.14. The van der Waals surface area contributed by atoms with Crippen molar-refractivity contribution in [2.75, 3.05) is 19.6 Å². The number of para-hydroxylation sites is 8. The van der Waals surface area contributed by atoms with Crippen LogP contribution >= 0.6 is 0 Å². The molecule has 16 rings (SSSR count). The van der Waals surface area contributed by atoms with Crippen LogP contribution in [0.1, 0.15) is 22.3 Å². The first kappa shape index (κ1) is 53.5. The molecule has 0 unspecified atom stereocenters. The van der Waals surface area contributed by atoms with Crippen LogP contribution in [0.15, 0.2) is 315 Å². The lowest BCUT2D eigenvalue weighted by molar-refractivity contribution is 1.23. The Bertz CT molecular complexity index is 4690. The first-order valence-corrected chi connectivity index (χ1v) is 30.4. The van der Waals surface area contributed by atoms with Gasteiger partial charge in [0.2, 0.25) is 0 Å². The van der Waals surface area contributed by atoms with Gasteiger partial charge in [0.25, 0.3) is 0 Å². The van der Waals surface area contributed by atoms with Gasteiger partial charge >= 0.3 is 0 Å². The largest absolute Gasteiger partial charge is 0.310 e. The fourth-order valence-electron chi connectivity index (χ4n) is 13.7. The van der Waals surface area contributed by atoms with Gasteiger partial charge in [0, 0.05) is 55.7 Å². The third-order valence-electron chi connectivity index (χ3n) is 17.6. The van der Waals surface area contributed by atoms with Gasteiger partial charge in [0.15, 0.2) is 0 Å². The number of anilines is 12. The lowest BCUT2D eigenvalue weighted by atomic mass is 9.91. The topological polar surface area (TPSA) is 13.0 Å². The van der Waals surface area contributed by atoms with Crippen LogP contribution in [-0.4, -0.2) is 0 Å². The van der Waals surface area contributed by atoms with Crippen LogP contribution < -0.4 is 19.6 Å². The average molecular weight is 1130 g/mol. The monoisotopic (exact) mass is 1130 g/mol. The Kier molecular flexibility index (Phi) is 13.8. The number of aryl methyl sites for hydroxylation is 4. The van der Waals surface area contributed by atoms with Gasteiger partial charge in [-0.25, -0.2) is 0 Å². The van der Waals surface area contributed by atoms with Crippen molar-refractivity contribution in [1.82, 2.24) is 0 Å². The van der Waals surface area contributed by atoms with Crippen molar-refractivity contribution >= 4 is 133 Å². The van der Waals surface area contributed by atoms with Crippen LogP contribution in [0, 0.1) is 27.7 Å². The molecule has 0 bridgehead atoms. The third-order valence-corrected chi connectivity index (χ3v) is 17.6. The zero-order valence-corrected chi connectivity index (χ0v) is 49.8. The molecular weight excluding hydrogens is 1060 g/mol. The molecule has 0 amide bonds. The molecule has 0 spiro atoms. The zero-order valence-electron chi connectivity index (χ0n) is 49.8. The Balaban J connectivity index is 0.000000148. The maximum atomic E-state index is 2.45. The fourth-order valence-corrected chi connectivity index (χ4v) is 13.7. The smallest absolute Gasteiger partial charge is 0.0540 e. The second kappa shape index (κ2) is 22.7. The van der Waals surface area contributed by atoms with E-state index >= 15 is 0 Å². The summed E-state index contributed by atoms with van der Waals surface area (Å²) in [7, 11) is 0. The first-order chi connectivity index (χ1) is 43.4. The highest BCUT2D eigenvalue weighted by Crippen LogP contribution is 2.51. The molecule has 88 heavy (non-hydrogen) atoms. The Morgan fingerprint density at radius 3 is 0.591 bits per heavy atom. The predicted octanol–water partition coefficient (Wildman–Crippen LogP) is 24.3. The first-order valence-electron chi connectivity index (χ1n) is 30.4. The number of hydrogen-bond acceptors (Lipinski definition) is 4. The summed E-state index contributed by atoms with van der Waals surface area (Å²) in [5.41, 5.74) is 19.0. The summed E-state index contributed by atoms with van der Waals surface area (Å²) in [4.78, 5) is 9.63. The van der Waals surface area contributed by atoms with E-state index in [0.717, 1.165) is 34.1 Å². The molecule has 0 aliphatic rings. The lowest BCUT2D eigenvalue weighted by Gasteiger charge is -2.31. The molecule has 0 heterocycles. The molecule has 0 saturated heterocycles. The second-order valence-electron chi connectivity index (χ2n) is 23.0. The highest BCUT2D eigenvalue weighted by atomic mass is 15.2. The van der Waals surface area contributed by atoms with Crippen molar-refractivity contribution in [3.8, 4) is 0 Å². The van der Waals surface area contributed by atoms with Gasteiger partial charge in [-0.1, -0.05) is 218 Å². The summed E-state index contributed by atoms with van der Waals surface area (Å²) in [5.74, 6) is 0. The van der Waals surface area contributed by atoms with Crippen LogP contribution in [0.5, 0.6) is 0 Å². The summed E-state index contributed by atoms with van der Waals surface area (Å²) < 4.78 is 0. The fraction of sp³-hybridized carbons (Fsp3) is 0.0476. The Hall–Kier alpha value is -11.2. The van der Waals surface area contributed by atoms with Gasteiger partial charge in [-0.2, -0.15) is 0 Å². The normalized spacial score (nSPS) is 11.4. The molecule has 0 saturated carbocycles. The molecule has 0 atom stereocenters. The van der Waals surface area contributed by atoms with Gasteiger partial charge in [0.05, 0.1) is 34.1 Å². The summed E-state index contributed by atoms with van der Waals surface area (Å²) in [6, 6.07) is 114. The van der Waals surface area contributed by atoms with Crippen LogP contribution in [0.2, 0.25) is 0 Å². The number of hydrogen-bond donors (Lipinski definition) is 0. The van der Waals surface area contributed by atoms with Gasteiger partial charge in [-0.3, -0.25) is 0 Å². The van der Waals surface area contributed by atoms with E-state index in [-0.39, 0.29) is 0 Å². The molecule has 0 radical (unpaired) electrons. The van der Waals surface area contributed by atoms with E-state index in [0.29, 0.717) is 0 Å². The minimum Gasteiger partial charge on any atom is -0.310 e. The van der Waals surface area contributed by atoms with Crippen molar-refractivity contribution < 1.29 is 0 Å². The third kappa shape index (κ3) is 9.34. The summed E-state index contributed by atoms with van der Waals surface area (Å²) in [5, 5.41) is 15.2. The SMILES string of the molecule is Cc1cccc(C)c1N(c1ccccc1)c1ccc2ccc3c(N(c4ccccc4)c4c(C)cccc4C)ccc4ccc1c2c43.c1ccc(N(c2ccccc2)c2ccc3ccc4c(N(c5ccccc5)c5ccccc5)ccc5ccc2c3c54)cc1. The second-order valence-corrected chi connectivity index (χ2v) is 23.0. The molecule has 4 nitrogen and oxygen atoms in total. The molecule has 4 heteroatoms. The van der Waals surface area contributed by atoms with Crippen LogP contribution in [0.4, 0.5) is 68.2 Å². The van der Waals surface area contributed by atoms with Crippen molar-refractivity contribution in [3.05, 3.63) is 338 Å². The molecule has 0 aliphatic carbocycles. The van der Waals surface area contributed by atoms with Crippen molar-refractivity contribution in [2.24, 2.45) is 0 Å². The van der Waals surface area contributed by atoms with Gasteiger partial charge in [-0.15, -0.1) is 0 Å². The Morgan fingerprint density at radius 2 is 0.364 bits per heavy atom. The van der Waals surface area contributed by atoms with Crippen molar-refractivity contribution in [1.29, 1.82) is 0 Å². The zero-order chi connectivity index (χ0) is 59.2. The van der Waals surface area contributed by atoms with E-state index in [1.165, 1.54) is 121 Å². The van der Waals surface area contributed by atoms with Crippen molar-refractivity contribution in [3.63, 3.8) is 0 Å². The van der Waals surface area contributed by atoms with E-state index in [9.17, 15) is 0 Å². The number of nitrogens with zero attached hydrogens (tertiary/aromatic N) is 4. The maximum absolute atomic E-state index is 2.45. The molecule has 0 aromatic heterocycles. The van der Waals surface area contributed by atoms with Crippen LogP contribution in [-0.2, 0) is 0 Å². The maximum Gasteiger partial charge on any atom is 0.0540 e. The van der Waals surface area contributed by atoms with E-state index in [2.05, 4.69) is 363 Å². The summed E-state index contributed by atoms with van der Waals surface area (Å²) in [6.45, 7) is 8.86. The molecule has 420 valence electrons. The Labute approximate surface area is 514 Å². The molecule has 16 aromatic carbocycles. The van der Waals surface area contributed by atoms with Crippen LogP contribution in [0.25, 0.3) is 64.6 Å². The predicted molar refractivity (Wildman–Crippen MR) is 378 cm³/mol. The summed E-state index contributed by atoms with van der Waals surface area (Å²) >= 11 is 0. The van der Waals surface area contributed by atoms with E-state index in [1.807, 2.05) is 0 Å². The van der Waals surface area contributed by atoms with E-state index in [1.54, 1.807) is 0 Å². The summed E-state index contributed by atoms with van der Waals surface area (Å²) in [6.07, 6.45) is 0. The highest BCUT2D eigenvalue weighted by molar-refractivity contribution is 6.29. The van der Waals surface area contributed by atoms with Gasteiger partial charge < -0.3 is 19.6 Å². The minimum atomic E-state index is 1.14. The molecule has 16 aromatic rings. The quantitative estimate of drug-likeness (QED) is 0.113. The van der Waals surface area contributed by atoms with E-state index < -0.39 is 0 Å². The molecule has 0 aliphatic heterocycles.